The Balaban J connectivity index is 3.24. The van der Waals surface area contributed by atoms with Crippen molar-refractivity contribution >= 4 is 39.9 Å². The van der Waals surface area contributed by atoms with Crippen LogP contribution in [-0.2, 0) is 0 Å². The summed E-state index contributed by atoms with van der Waals surface area (Å²) in [5, 5.41) is 0.639. The fraction of sp³-hybridized carbons (Fsp3) is 0.143. The van der Waals surface area contributed by atoms with Crippen molar-refractivity contribution in [1.82, 2.24) is 0 Å². The maximum atomic E-state index is 5.76. The van der Waals surface area contributed by atoms with Gasteiger partial charge in [-0.05, 0) is 28.7 Å². The van der Waals surface area contributed by atoms with Crippen molar-refractivity contribution < 1.29 is 4.74 Å². The minimum atomic E-state index is 0.627. The van der Waals surface area contributed by atoms with E-state index >= 15 is 0 Å². The molecule has 11 heavy (non-hydrogen) atoms. The van der Waals surface area contributed by atoms with Crippen LogP contribution in [0.4, 0.5) is 5.69 Å². The molecule has 1 aromatic carbocycles. The molecule has 0 aromatic heterocycles. The highest BCUT2D eigenvalue weighted by Crippen LogP contribution is 2.30. The summed E-state index contributed by atoms with van der Waals surface area (Å²) in [6, 6.07) is 3.49. The first-order chi connectivity index (χ1) is 5.15. The average Bonchev–Trinajstić information content (AvgIpc) is 1.96. The average molecular weight is 283 g/mol. The van der Waals surface area contributed by atoms with Crippen molar-refractivity contribution in [2.24, 2.45) is 0 Å². The minimum absolute atomic E-state index is 0.627. The van der Waals surface area contributed by atoms with Crippen LogP contribution in [0.25, 0.3) is 0 Å². The quantitative estimate of drug-likeness (QED) is 0.635. The number of rotatable bonds is 1. The number of ether oxygens (including phenoxy) is 1. The zero-order chi connectivity index (χ0) is 8.43. The molecule has 0 unspecified atom stereocenters. The second kappa shape index (κ2) is 3.49. The van der Waals surface area contributed by atoms with Crippen molar-refractivity contribution in [2.45, 2.75) is 0 Å². The summed E-state index contributed by atoms with van der Waals surface area (Å²) in [7, 11) is 1.57. The zero-order valence-electron chi connectivity index (χ0n) is 5.90. The molecule has 1 aromatic rings. The highest BCUT2D eigenvalue weighted by Gasteiger charge is 2.04. The molecule has 0 spiro atoms. The summed E-state index contributed by atoms with van der Waals surface area (Å²) < 4.78 is 5.90. The van der Waals surface area contributed by atoms with E-state index in [4.69, 9.17) is 22.1 Å². The van der Waals surface area contributed by atoms with Crippen LogP contribution >= 0.6 is 34.2 Å². The monoisotopic (exact) mass is 283 g/mol. The topological polar surface area (TPSA) is 35.2 Å². The third-order valence-electron chi connectivity index (χ3n) is 1.28. The molecule has 0 amide bonds. The van der Waals surface area contributed by atoms with Crippen molar-refractivity contribution in [3.05, 3.63) is 20.7 Å². The SMILES string of the molecule is COc1cc(Cl)cc(I)c1N. The highest BCUT2D eigenvalue weighted by atomic mass is 127. The van der Waals surface area contributed by atoms with Crippen molar-refractivity contribution in [1.29, 1.82) is 0 Å². The number of nitrogens with two attached hydrogens (primary N) is 1. The molecule has 60 valence electrons. The van der Waals surface area contributed by atoms with Gasteiger partial charge in [0.2, 0.25) is 0 Å². The summed E-state index contributed by atoms with van der Waals surface area (Å²) in [4.78, 5) is 0. The lowest BCUT2D eigenvalue weighted by atomic mass is 10.3. The zero-order valence-corrected chi connectivity index (χ0v) is 8.81. The van der Waals surface area contributed by atoms with Gasteiger partial charge in [0.1, 0.15) is 5.75 Å². The van der Waals surface area contributed by atoms with Crippen LogP contribution in [0.5, 0.6) is 5.75 Å². The van der Waals surface area contributed by atoms with Gasteiger partial charge in [-0.3, -0.25) is 0 Å². The Morgan fingerprint density at radius 1 is 1.55 bits per heavy atom. The van der Waals surface area contributed by atoms with E-state index < -0.39 is 0 Å². The van der Waals surface area contributed by atoms with Gasteiger partial charge in [-0.1, -0.05) is 11.6 Å². The Morgan fingerprint density at radius 3 is 2.73 bits per heavy atom. The van der Waals surface area contributed by atoms with Crippen molar-refractivity contribution in [3.63, 3.8) is 0 Å². The van der Waals surface area contributed by atoms with E-state index in [9.17, 15) is 0 Å². The molecule has 0 aliphatic heterocycles. The third kappa shape index (κ3) is 1.90. The molecule has 2 N–H and O–H groups in total. The van der Waals surface area contributed by atoms with Crippen LogP contribution in [-0.4, -0.2) is 7.11 Å². The molecule has 2 nitrogen and oxygen atoms in total. The minimum Gasteiger partial charge on any atom is -0.495 e. The molecule has 0 bridgehead atoms. The second-order valence-corrected chi connectivity index (χ2v) is 3.60. The van der Waals surface area contributed by atoms with E-state index in [1.165, 1.54) is 0 Å². The van der Waals surface area contributed by atoms with Gasteiger partial charge in [0.25, 0.3) is 0 Å². The van der Waals surface area contributed by atoms with E-state index in [0.717, 1.165) is 3.57 Å². The second-order valence-electron chi connectivity index (χ2n) is 2.00. The van der Waals surface area contributed by atoms with Gasteiger partial charge in [-0.15, -0.1) is 0 Å². The van der Waals surface area contributed by atoms with Gasteiger partial charge in [0.05, 0.1) is 12.8 Å². The van der Waals surface area contributed by atoms with E-state index in [1.54, 1.807) is 19.2 Å². The summed E-state index contributed by atoms with van der Waals surface area (Å²) in [6.45, 7) is 0. The number of hydrogen-bond donors (Lipinski definition) is 1. The van der Waals surface area contributed by atoms with Crippen LogP contribution in [0.2, 0.25) is 5.02 Å². The molecule has 1 rings (SSSR count). The summed E-state index contributed by atoms with van der Waals surface area (Å²) in [5.74, 6) is 0.627. The molecule has 0 atom stereocenters. The molecule has 0 saturated carbocycles. The van der Waals surface area contributed by atoms with Crippen molar-refractivity contribution in [3.8, 4) is 5.75 Å². The number of halogens is 2. The van der Waals surface area contributed by atoms with E-state index in [0.29, 0.717) is 16.5 Å². The molecule has 0 heterocycles. The van der Waals surface area contributed by atoms with Crippen LogP contribution in [0, 0.1) is 3.57 Å². The first-order valence-corrected chi connectivity index (χ1v) is 4.39. The lowest BCUT2D eigenvalue weighted by Crippen LogP contribution is -1.94. The van der Waals surface area contributed by atoms with Gasteiger partial charge < -0.3 is 10.5 Å². The Hall–Kier alpha value is -0.160. The maximum Gasteiger partial charge on any atom is 0.144 e. The largest absolute Gasteiger partial charge is 0.495 e. The standard InChI is InChI=1S/C7H7ClINO/c1-11-6-3-4(8)2-5(9)7(6)10/h2-3H,10H2,1H3. The van der Waals surface area contributed by atoms with Gasteiger partial charge in [0.15, 0.2) is 0 Å². The fourth-order valence-corrected chi connectivity index (χ4v) is 1.72. The molecule has 0 aliphatic carbocycles. The summed E-state index contributed by atoms with van der Waals surface area (Å²) in [6.07, 6.45) is 0. The van der Waals surface area contributed by atoms with Crippen LogP contribution < -0.4 is 10.5 Å². The number of anilines is 1. The van der Waals surface area contributed by atoms with E-state index in [1.807, 2.05) is 0 Å². The van der Waals surface area contributed by atoms with Gasteiger partial charge in [-0.2, -0.15) is 0 Å². The third-order valence-corrected chi connectivity index (χ3v) is 2.39. The molecular weight excluding hydrogens is 276 g/mol. The molecular formula is C7H7ClINO. The Labute approximate surface area is 83.8 Å². The normalized spacial score (nSPS) is 9.73. The fourth-order valence-electron chi connectivity index (χ4n) is 0.730. The molecule has 0 fully saturated rings. The van der Waals surface area contributed by atoms with E-state index in [2.05, 4.69) is 22.6 Å². The Morgan fingerprint density at radius 2 is 2.18 bits per heavy atom. The smallest absolute Gasteiger partial charge is 0.144 e. The maximum absolute atomic E-state index is 5.76. The van der Waals surface area contributed by atoms with Crippen LogP contribution in [0.3, 0.4) is 0 Å². The molecule has 0 radical (unpaired) electrons. The molecule has 0 saturated heterocycles. The Bertz CT molecular complexity index is 277. The lowest BCUT2D eigenvalue weighted by molar-refractivity contribution is 0.417. The lowest BCUT2D eigenvalue weighted by Gasteiger charge is -2.05. The number of hydrogen-bond acceptors (Lipinski definition) is 2. The van der Waals surface area contributed by atoms with E-state index in [-0.39, 0.29) is 0 Å². The number of benzene rings is 1. The van der Waals surface area contributed by atoms with Crippen LogP contribution in [0.1, 0.15) is 0 Å². The van der Waals surface area contributed by atoms with Gasteiger partial charge in [0, 0.05) is 14.7 Å². The van der Waals surface area contributed by atoms with Crippen LogP contribution in [0.15, 0.2) is 12.1 Å². The number of nitrogen functional groups attached to an aromatic ring is 1. The highest BCUT2D eigenvalue weighted by molar-refractivity contribution is 14.1. The summed E-state index contributed by atoms with van der Waals surface area (Å²) >= 11 is 7.87. The van der Waals surface area contributed by atoms with Gasteiger partial charge in [-0.25, -0.2) is 0 Å². The first-order valence-electron chi connectivity index (χ1n) is 2.93. The Kier molecular flexibility index (Phi) is 2.84. The molecule has 4 heteroatoms. The first kappa shape index (κ1) is 8.93. The van der Waals surface area contributed by atoms with Crippen molar-refractivity contribution in [2.75, 3.05) is 12.8 Å². The number of methoxy groups -OCH3 is 1. The predicted molar refractivity (Wildman–Crippen MR) is 55.1 cm³/mol. The molecule has 0 aliphatic rings. The predicted octanol–water partition coefficient (Wildman–Crippen LogP) is 2.54. The van der Waals surface area contributed by atoms with Gasteiger partial charge >= 0.3 is 0 Å². The summed E-state index contributed by atoms with van der Waals surface area (Å²) in [5.41, 5.74) is 6.31.